The number of hydrogen-bond acceptors (Lipinski definition) is 4. The summed E-state index contributed by atoms with van der Waals surface area (Å²) < 4.78 is 5.60. The Kier molecular flexibility index (Phi) is 11.4. The Morgan fingerprint density at radius 3 is 2.67 bits per heavy atom. The topological polar surface area (TPSA) is 40.1 Å². The molecule has 0 saturated carbocycles. The van der Waals surface area contributed by atoms with Gasteiger partial charge in [-0.05, 0) is 30.9 Å². The van der Waals surface area contributed by atoms with Crippen molar-refractivity contribution in [3.63, 3.8) is 0 Å². The summed E-state index contributed by atoms with van der Waals surface area (Å²) in [5.41, 5.74) is 0. The molecule has 0 bridgehead atoms. The molecule has 1 aliphatic rings. The molecule has 0 spiro atoms. The molecule has 2 rings (SSSR count). The lowest BCUT2D eigenvalue weighted by atomic mass is 10.3. The van der Waals surface area contributed by atoms with Crippen LogP contribution in [0.1, 0.15) is 26.7 Å². The van der Waals surface area contributed by atoms with E-state index in [2.05, 4.69) is 46.5 Å². The zero-order chi connectivity index (χ0) is 16.3. The van der Waals surface area contributed by atoms with E-state index in [-0.39, 0.29) is 24.0 Å². The van der Waals surface area contributed by atoms with Crippen LogP contribution in [0.2, 0.25) is 0 Å². The fourth-order valence-electron chi connectivity index (χ4n) is 2.58. The van der Waals surface area contributed by atoms with Crippen LogP contribution in [0.15, 0.2) is 22.5 Å². The normalized spacial score (nSPS) is 15.3. The Hall–Kier alpha value is -0.540. The summed E-state index contributed by atoms with van der Waals surface area (Å²) >= 11 is 1.82. The van der Waals surface area contributed by atoms with E-state index >= 15 is 0 Å². The zero-order valence-electron chi connectivity index (χ0n) is 14.9. The molecule has 1 aromatic rings. The number of anilines is 1. The van der Waals surface area contributed by atoms with E-state index in [1.807, 2.05) is 11.3 Å². The third kappa shape index (κ3) is 7.14. The number of aliphatic imine (C=N–C) groups is 1. The summed E-state index contributed by atoms with van der Waals surface area (Å²) in [6.07, 6.45) is 2.31. The van der Waals surface area contributed by atoms with Crippen molar-refractivity contribution in [1.29, 1.82) is 0 Å². The lowest BCUT2D eigenvalue weighted by Gasteiger charge is -2.37. The first-order chi connectivity index (χ1) is 11.3. The average Bonchev–Trinajstić information content (AvgIpc) is 3.12. The monoisotopic (exact) mass is 466 g/mol. The predicted octanol–water partition coefficient (Wildman–Crippen LogP) is 3.27. The fraction of sp³-hybridized carbons (Fsp3) is 0.706. The van der Waals surface area contributed by atoms with Gasteiger partial charge in [0.1, 0.15) is 0 Å². The molecule has 0 radical (unpaired) electrons. The van der Waals surface area contributed by atoms with Crippen LogP contribution in [0.25, 0.3) is 0 Å². The molecule has 0 aliphatic carbocycles. The van der Waals surface area contributed by atoms with E-state index in [0.717, 1.165) is 58.3 Å². The van der Waals surface area contributed by atoms with Gasteiger partial charge in [-0.15, -0.1) is 35.3 Å². The molecule has 1 N–H and O–H groups in total. The largest absolute Gasteiger partial charge is 0.380 e. The fourth-order valence-corrected chi connectivity index (χ4v) is 3.36. The maximum Gasteiger partial charge on any atom is 0.194 e. The van der Waals surface area contributed by atoms with Crippen LogP contribution in [0.4, 0.5) is 5.00 Å². The molecule has 2 heterocycles. The molecule has 24 heavy (non-hydrogen) atoms. The van der Waals surface area contributed by atoms with E-state index in [9.17, 15) is 0 Å². The van der Waals surface area contributed by atoms with Gasteiger partial charge in [-0.25, -0.2) is 0 Å². The van der Waals surface area contributed by atoms with Gasteiger partial charge >= 0.3 is 0 Å². The van der Waals surface area contributed by atoms with Gasteiger partial charge in [0.05, 0.1) is 18.2 Å². The summed E-state index contributed by atoms with van der Waals surface area (Å²) in [5, 5.41) is 6.92. The number of ether oxygens (including phenoxy) is 1. The SMILES string of the molecule is CCCCOCCN=C(NCC)N1CCN(c2cccs2)CC1.I. The summed E-state index contributed by atoms with van der Waals surface area (Å²) in [6, 6.07) is 4.32. The first-order valence-corrected chi connectivity index (χ1v) is 9.62. The van der Waals surface area contributed by atoms with Crippen LogP contribution in [-0.2, 0) is 4.74 Å². The quantitative estimate of drug-likeness (QED) is 0.276. The van der Waals surface area contributed by atoms with Crippen molar-refractivity contribution < 1.29 is 4.74 Å². The van der Waals surface area contributed by atoms with Gasteiger partial charge < -0.3 is 19.9 Å². The molecule has 1 fully saturated rings. The van der Waals surface area contributed by atoms with Crippen molar-refractivity contribution in [2.45, 2.75) is 26.7 Å². The van der Waals surface area contributed by atoms with Crippen LogP contribution in [0, 0.1) is 0 Å². The standard InChI is InChI=1S/C17H30N4OS.HI/c1-3-5-13-22-14-8-19-17(18-4-2)21-11-9-20(10-12-21)16-7-6-15-23-16;/h6-7,15H,3-5,8-14H2,1-2H3,(H,18,19);1H. The highest BCUT2D eigenvalue weighted by Gasteiger charge is 2.20. The maximum atomic E-state index is 5.60. The number of guanidine groups is 1. The second kappa shape index (κ2) is 12.8. The Morgan fingerprint density at radius 1 is 1.25 bits per heavy atom. The van der Waals surface area contributed by atoms with E-state index in [0.29, 0.717) is 6.61 Å². The summed E-state index contributed by atoms with van der Waals surface area (Å²) in [4.78, 5) is 9.53. The van der Waals surface area contributed by atoms with E-state index in [1.54, 1.807) is 0 Å². The van der Waals surface area contributed by atoms with Crippen molar-refractivity contribution in [2.24, 2.45) is 4.99 Å². The van der Waals surface area contributed by atoms with Crippen molar-refractivity contribution in [2.75, 3.05) is 57.4 Å². The number of nitrogens with one attached hydrogen (secondary N) is 1. The van der Waals surface area contributed by atoms with Crippen LogP contribution in [0.3, 0.4) is 0 Å². The highest BCUT2D eigenvalue weighted by Crippen LogP contribution is 2.22. The second-order valence-corrected chi connectivity index (χ2v) is 6.55. The van der Waals surface area contributed by atoms with Gasteiger partial charge in [-0.3, -0.25) is 4.99 Å². The number of rotatable bonds is 8. The third-order valence-corrected chi connectivity index (χ3v) is 4.80. The highest BCUT2D eigenvalue weighted by molar-refractivity contribution is 14.0. The number of piperazine rings is 1. The summed E-state index contributed by atoms with van der Waals surface area (Å²) in [6.45, 7) is 11.6. The van der Waals surface area contributed by atoms with Gasteiger partial charge in [-0.1, -0.05) is 13.3 Å². The minimum Gasteiger partial charge on any atom is -0.380 e. The zero-order valence-corrected chi connectivity index (χ0v) is 18.0. The number of hydrogen-bond donors (Lipinski definition) is 1. The molecule has 5 nitrogen and oxygen atoms in total. The Labute approximate surface area is 167 Å². The smallest absolute Gasteiger partial charge is 0.194 e. The minimum absolute atomic E-state index is 0. The molecule has 1 saturated heterocycles. The molecule has 7 heteroatoms. The Morgan fingerprint density at radius 2 is 2.04 bits per heavy atom. The highest BCUT2D eigenvalue weighted by atomic mass is 127. The lowest BCUT2D eigenvalue weighted by Crippen LogP contribution is -2.52. The Bertz CT molecular complexity index is 447. The van der Waals surface area contributed by atoms with Crippen LogP contribution in [0.5, 0.6) is 0 Å². The molecule has 0 amide bonds. The molecular weight excluding hydrogens is 435 g/mol. The van der Waals surface area contributed by atoms with Crippen molar-refractivity contribution >= 4 is 46.3 Å². The number of thiophene rings is 1. The molecule has 0 unspecified atom stereocenters. The number of unbranched alkanes of at least 4 members (excludes halogenated alkanes) is 1. The van der Waals surface area contributed by atoms with Crippen LogP contribution in [-0.4, -0.2) is 63.3 Å². The van der Waals surface area contributed by atoms with Crippen molar-refractivity contribution in [3.05, 3.63) is 17.5 Å². The molecule has 0 atom stereocenters. The lowest BCUT2D eigenvalue weighted by molar-refractivity contribution is 0.138. The summed E-state index contributed by atoms with van der Waals surface area (Å²) in [5.74, 6) is 1.03. The predicted molar refractivity (Wildman–Crippen MR) is 115 cm³/mol. The van der Waals surface area contributed by atoms with Crippen molar-refractivity contribution in [3.8, 4) is 0 Å². The average molecular weight is 466 g/mol. The first-order valence-electron chi connectivity index (χ1n) is 8.74. The molecular formula is C17H31IN4OS. The van der Waals surface area contributed by atoms with Gasteiger partial charge in [0.15, 0.2) is 5.96 Å². The van der Waals surface area contributed by atoms with E-state index < -0.39 is 0 Å². The molecule has 138 valence electrons. The molecule has 1 aliphatic heterocycles. The second-order valence-electron chi connectivity index (χ2n) is 5.63. The number of halogens is 1. The number of nitrogens with zero attached hydrogens (tertiary/aromatic N) is 3. The minimum atomic E-state index is 0. The first kappa shape index (κ1) is 21.5. The van der Waals surface area contributed by atoms with E-state index in [4.69, 9.17) is 9.73 Å². The van der Waals surface area contributed by atoms with Gasteiger partial charge in [0.25, 0.3) is 0 Å². The van der Waals surface area contributed by atoms with Crippen LogP contribution >= 0.6 is 35.3 Å². The molecule has 0 aromatic carbocycles. The third-order valence-electron chi connectivity index (χ3n) is 3.87. The maximum absolute atomic E-state index is 5.60. The summed E-state index contributed by atoms with van der Waals surface area (Å²) in [7, 11) is 0. The van der Waals surface area contributed by atoms with E-state index in [1.165, 1.54) is 11.4 Å². The van der Waals surface area contributed by atoms with Gasteiger partial charge in [0.2, 0.25) is 0 Å². The Balaban J connectivity index is 0.00000288. The van der Waals surface area contributed by atoms with Gasteiger partial charge in [0, 0.05) is 39.3 Å². The van der Waals surface area contributed by atoms with Crippen molar-refractivity contribution in [1.82, 2.24) is 10.2 Å². The van der Waals surface area contributed by atoms with Crippen LogP contribution < -0.4 is 10.2 Å². The molecule has 1 aromatic heterocycles. The van der Waals surface area contributed by atoms with Gasteiger partial charge in [-0.2, -0.15) is 0 Å².